The molecule has 7 heteroatoms. The fourth-order valence-corrected chi connectivity index (χ4v) is 5.45. The molecule has 0 saturated carbocycles. The van der Waals surface area contributed by atoms with Gasteiger partial charge in [-0.25, -0.2) is 4.98 Å². The van der Waals surface area contributed by atoms with Crippen LogP contribution in [0, 0.1) is 18.8 Å². The summed E-state index contributed by atoms with van der Waals surface area (Å²) >= 11 is 1.51. The van der Waals surface area contributed by atoms with Gasteiger partial charge in [0, 0.05) is 13.1 Å². The Bertz CT molecular complexity index is 941. The zero-order chi connectivity index (χ0) is 19.1. The number of thiazole rings is 1. The minimum atomic E-state index is -0.0425. The molecule has 1 aliphatic heterocycles. The van der Waals surface area contributed by atoms with Crippen molar-refractivity contribution in [3.8, 4) is 11.6 Å². The van der Waals surface area contributed by atoms with E-state index < -0.39 is 0 Å². The van der Waals surface area contributed by atoms with E-state index in [4.69, 9.17) is 4.74 Å². The minimum absolute atomic E-state index is 0.0425. The number of likely N-dealkylation sites (tertiary alicyclic amines) is 1. The maximum Gasteiger partial charge on any atom is 0.230 e. The molecule has 27 heavy (non-hydrogen) atoms. The van der Waals surface area contributed by atoms with Crippen LogP contribution in [0.4, 0.5) is 0 Å². The van der Waals surface area contributed by atoms with Crippen molar-refractivity contribution >= 4 is 16.3 Å². The van der Waals surface area contributed by atoms with E-state index >= 15 is 0 Å². The number of hydrogen-bond acceptors (Lipinski definition) is 6. The molecule has 1 aromatic carbocycles. The van der Waals surface area contributed by atoms with Gasteiger partial charge in [-0.2, -0.15) is 4.52 Å². The molecule has 0 bridgehead atoms. The van der Waals surface area contributed by atoms with E-state index in [1.54, 1.807) is 11.6 Å². The molecule has 1 aliphatic rings. The predicted octanol–water partition coefficient (Wildman–Crippen LogP) is 3.88. The van der Waals surface area contributed by atoms with E-state index in [9.17, 15) is 5.11 Å². The molecule has 1 saturated heterocycles. The highest BCUT2D eigenvalue weighted by molar-refractivity contribution is 7.17. The highest BCUT2D eigenvalue weighted by atomic mass is 32.1. The first-order valence-electron chi connectivity index (χ1n) is 9.39. The quantitative estimate of drug-likeness (QED) is 0.737. The van der Waals surface area contributed by atoms with Gasteiger partial charge in [0.05, 0.1) is 18.0 Å². The SMILES string of the molecule is COc1cccc([C@H](c2sc3nc(C)nn3c2O)N2C[C@@H](C)C[C@H](C)C2)c1. The van der Waals surface area contributed by atoms with Crippen molar-refractivity contribution in [3.05, 3.63) is 40.5 Å². The van der Waals surface area contributed by atoms with Crippen molar-refractivity contribution in [2.24, 2.45) is 11.8 Å². The Hall–Kier alpha value is -2.12. The Labute approximate surface area is 163 Å². The van der Waals surface area contributed by atoms with Crippen LogP contribution in [0.3, 0.4) is 0 Å². The second-order valence-corrected chi connectivity index (χ2v) is 8.73. The maximum absolute atomic E-state index is 10.9. The minimum Gasteiger partial charge on any atom is -0.497 e. The number of hydrogen-bond donors (Lipinski definition) is 1. The van der Waals surface area contributed by atoms with Crippen LogP contribution in [0.2, 0.25) is 0 Å². The molecule has 1 fully saturated rings. The predicted molar refractivity (Wildman–Crippen MR) is 107 cm³/mol. The molecule has 0 spiro atoms. The smallest absolute Gasteiger partial charge is 0.230 e. The van der Waals surface area contributed by atoms with Gasteiger partial charge in [0.15, 0.2) is 0 Å². The molecule has 0 unspecified atom stereocenters. The molecular formula is C20H26N4O2S. The van der Waals surface area contributed by atoms with E-state index in [0.717, 1.165) is 34.2 Å². The summed E-state index contributed by atoms with van der Waals surface area (Å²) in [7, 11) is 1.68. The van der Waals surface area contributed by atoms with Gasteiger partial charge in [-0.1, -0.05) is 37.3 Å². The van der Waals surface area contributed by atoms with Crippen molar-refractivity contribution in [2.75, 3.05) is 20.2 Å². The van der Waals surface area contributed by atoms with Crippen LogP contribution in [0.15, 0.2) is 24.3 Å². The summed E-state index contributed by atoms with van der Waals surface area (Å²) in [6.07, 6.45) is 1.24. The molecule has 3 heterocycles. The first-order chi connectivity index (χ1) is 13.0. The molecule has 4 rings (SSSR count). The third-order valence-electron chi connectivity index (χ3n) is 5.23. The molecule has 3 aromatic rings. The van der Waals surface area contributed by atoms with Crippen molar-refractivity contribution in [2.45, 2.75) is 33.2 Å². The largest absolute Gasteiger partial charge is 0.497 e. The Kier molecular flexibility index (Phi) is 4.82. The third kappa shape index (κ3) is 3.41. The Morgan fingerprint density at radius 3 is 2.67 bits per heavy atom. The number of fused-ring (bicyclic) bond motifs is 1. The zero-order valence-electron chi connectivity index (χ0n) is 16.2. The Balaban J connectivity index is 1.83. The first kappa shape index (κ1) is 18.3. The van der Waals surface area contributed by atoms with Crippen LogP contribution >= 0.6 is 11.3 Å². The van der Waals surface area contributed by atoms with Crippen LogP contribution < -0.4 is 4.74 Å². The summed E-state index contributed by atoms with van der Waals surface area (Å²) in [4.78, 5) is 8.54. The fourth-order valence-electron chi connectivity index (χ4n) is 4.29. The number of aromatic hydroxyl groups is 1. The lowest BCUT2D eigenvalue weighted by Crippen LogP contribution is -2.41. The van der Waals surface area contributed by atoms with E-state index in [1.807, 2.05) is 19.1 Å². The summed E-state index contributed by atoms with van der Waals surface area (Å²) in [5.41, 5.74) is 1.12. The van der Waals surface area contributed by atoms with Crippen molar-refractivity contribution in [1.29, 1.82) is 0 Å². The van der Waals surface area contributed by atoms with Gasteiger partial charge in [0.1, 0.15) is 11.6 Å². The van der Waals surface area contributed by atoms with Crippen LogP contribution in [0.5, 0.6) is 11.6 Å². The van der Waals surface area contributed by atoms with Gasteiger partial charge in [-0.15, -0.1) is 5.10 Å². The lowest BCUT2D eigenvalue weighted by Gasteiger charge is -2.40. The average Bonchev–Trinajstić information content (AvgIpc) is 3.12. The lowest BCUT2D eigenvalue weighted by molar-refractivity contribution is 0.111. The highest BCUT2D eigenvalue weighted by Crippen LogP contribution is 2.42. The molecule has 3 atom stereocenters. The number of benzene rings is 1. The van der Waals surface area contributed by atoms with Crippen molar-refractivity contribution < 1.29 is 9.84 Å². The number of aromatic nitrogens is 3. The van der Waals surface area contributed by atoms with Crippen molar-refractivity contribution in [3.63, 3.8) is 0 Å². The number of piperidine rings is 1. The Morgan fingerprint density at radius 2 is 2.00 bits per heavy atom. The van der Waals surface area contributed by atoms with Crippen LogP contribution in [0.25, 0.3) is 4.96 Å². The highest BCUT2D eigenvalue weighted by Gasteiger charge is 2.33. The summed E-state index contributed by atoms with van der Waals surface area (Å²) in [6.45, 7) is 8.44. The lowest BCUT2D eigenvalue weighted by atomic mass is 9.89. The topological polar surface area (TPSA) is 62.9 Å². The van der Waals surface area contributed by atoms with Gasteiger partial charge in [0.25, 0.3) is 0 Å². The summed E-state index contributed by atoms with van der Waals surface area (Å²) < 4.78 is 7.01. The normalized spacial score (nSPS) is 22.2. The molecule has 2 aromatic heterocycles. The van der Waals surface area contributed by atoms with E-state index in [1.165, 1.54) is 17.8 Å². The number of methoxy groups -OCH3 is 1. The van der Waals surface area contributed by atoms with Crippen LogP contribution in [-0.4, -0.2) is 44.8 Å². The van der Waals surface area contributed by atoms with E-state index in [-0.39, 0.29) is 11.9 Å². The average molecular weight is 387 g/mol. The Morgan fingerprint density at radius 1 is 1.26 bits per heavy atom. The zero-order valence-corrected chi connectivity index (χ0v) is 17.0. The number of nitrogens with zero attached hydrogens (tertiary/aromatic N) is 4. The van der Waals surface area contributed by atoms with Gasteiger partial charge in [-0.3, -0.25) is 4.90 Å². The molecule has 0 radical (unpaired) electrons. The first-order valence-corrected chi connectivity index (χ1v) is 10.2. The maximum atomic E-state index is 10.9. The molecule has 144 valence electrons. The molecule has 6 nitrogen and oxygen atoms in total. The number of rotatable bonds is 4. The third-order valence-corrected chi connectivity index (χ3v) is 6.30. The summed E-state index contributed by atoms with van der Waals surface area (Å²) in [6, 6.07) is 8.09. The molecule has 0 amide bonds. The van der Waals surface area contributed by atoms with Gasteiger partial charge >= 0.3 is 0 Å². The second kappa shape index (κ2) is 7.13. The number of aryl methyl sites for hydroxylation is 1. The van der Waals surface area contributed by atoms with Gasteiger partial charge in [-0.05, 0) is 42.9 Å². The van der Waals surface area contributed by atoms with Crippen LogP contribution in [0.1, 0.15) is 42.6 Å². The summed E-state index contributed by atoms with van der Waals surface area (Å²) in [5, 5.41) is 15.3. The van der Waals surface area contributed by atoms with Crippen LogP contribution in [-0.2, 0) is 0 Å². The van der Waals surface area contributed by atoms with Crippen molar-refractivity contribution in [1.82, 2.24) is 19.5 Å². The van der Waals surface area contributed by atoms with Gasteiger partial charge in [0.2, 0.25) is 10.8 Å². The molecule has 0 aliphatic carbocycles. The summed E-state index contributed by atoms with van der Waals surface area (Å²) in [5.74, 6) is 2.92. The van der Waals surface area contributed by atoms with E-state index in [0.29, 0.717) is 17.7 Å². The van der Waals surface area contributed by atoms with E-state index in [2.05, 4.69) is 41.0 Å². The second-order valence-electron chi connectivity index (χ2n) is 7.72. The standard InChI is InChI=1S/C20H26N4O2S/c1-12-8-13(2)11-23(10-12)17(15-6-5-7-16(9-15)26-4)18-19(25)24-20(27-18)21-14(3)22-24/h5-7,9,12-13,17,25H,8,10-11H2,1-4H3/t12-,13-,17+/m0/s1. The number of ether oxygens (including phenoxy) is 1. The van der Waals surface area contributed by atoms with Gasteiger partial charge < -0.3 is 9.84 Å². The fraction of sp³-hybridized carbons (Fsp3) is 0.500. The monoisotopic (exact) mass is 386 g/mol. The molecule has 1 N–H and O–H groups in total. The molecular weight excluding hydrogens is 360 g/mol.